The number of pyridine rings is 1. The highest BCUT2D eigenvalue weighted by Gasteiger charge is 2.07. The van der Waals surface area contributed by atoms with Gasteiger partial charge in [-0.1, -0.05) is 22.0 Å². The molecule has 1 N–H and O–H groups in total. The third-order valence-electron chi connectivity index (χ3n) is 2.42. The Balaban J connectivity index is 2.16. The fraction of sp³-hybridized carbons (Fsp3) is 0.0714. The summed E-state index contributed by atoms with van der Waals surface area (Å²) in [4.78, 5) is 16.1. The van der Waals surface area contributed by atoms with Gasteiger partial charge in [0.2, 0.25) is 0 Å². The first-order valence-corrected chi connectivity index (χ1v) is 6.37. The van der Waals surface area contributed by atoms with Crippen LogP contribution in [0.3, 0.4) is 0 Å². The van der Waals surface area contributed by atoms with Crippen LogP contribution in [0.5, 0.6) is 0 Å². The zero-order chi connectivity index (χ0) is 13.7. The fourth-order valence-electron chi connectivity index (χ4n) is 1.57. The lowest BCUT2D eigenvalue weighted by molar-refractivity contribution is 0.102. The molecule has 1 amide bonds. The first-order chi connectivity index (χ1) is 9.19. The lowest BCUT2D eigenvalue weighted by atomic mass is 10.2. The van der Waals surface area contributed by atoms with E-state index >= 15 is 0 Å². The Morgan fingerprint density at radius 2 is 2.21 bits per heavy atom. The average molecular weight is 316 g/mol. The molecule has 1 heterocycles. The van der Waals surface area contributed by atoms with Crippen molar-refractivity contribution in [3.8, 4) is 6.07 Å². The van der Waals surface area contributed by atoms with Crippen LogP contribution in [0, 0.1) is 11.3 Å². The molecule has 0 saturated carbocycles. The molecule has 0 saturated heterocycles. The highest BCUT2D eigenvalue weighted by atomic mass is 79.9. The Kier molecular flexibility index (Phi) is 4.26. The third kappa shape index (κ3) is 3.63. The number of halogens is 1. The van der Waals surface area contributed by atoms with Crippen LogP contribution in [0.15, 0.2) is 47.1 Å². The number of benzene rings is 1. The van der Waals surface area contributed by atoms with Gasteiger partial charge >= 0.3 is 0 Å². The molecule has 94 valence electrons. The molecule has 0 aliphatic rings. The lowest BCUT2D eigenvalue weighted by Crippen LogP contribution is -2.12. The summed E-state index contributed by atoms with van der Waals surface area (Å²) < 4.78 is 0.894. The van der Waals surface area contributed by atoms with Crippen molar-refractivity contribution in [2.75, 3.05) is 5.32 Å². The van der Waals surface area contributed by atoms with Crippen LogP contribution in [0.25, 0.3) is 0 Å². The van der Waals surface area contributed by atoms with E-state index in [9.17, 15) is 4.79 Å². The van der Waals surface area contributed by atoms with Gasteiger partial charge in [0.15, 0.2) is 0 Å². The molecule has 0 aliphatic heterocycles. The highest BCUT2D eigenvalue weighted by Crippen LogP contribution is 2.16. The Bertz CT molecular complexity index is 649. The van der Waals surface area contributed by atoms with Crippen LogP contribution < -0.4 is 5.32 Å². The Labute approximate surface area is 119 Å². The van der Waals surface area contributed by atoms with Crippen molar-refractivity contribution in [3.63, 3.8) is 0 Å². The number of rotatable bonds is 3. The van der Waals surface area contributed by atoms with Gasteiger partial charge in [-0.15, -0.1) is 0 Å². The van der Waals surface area contributed by atoms with Gasteiger partial charge in [0.25, 0.3) is 5.91 Å². The van der Waals surface area contributed by atoms with E-state index in [4.69, 9.17) is 5.26 Å². The zero-order valence-electron chi connectivity index (χ0n) is 9.93. The van der Waals surface area contributed by atoms with Crippen LogP contribution in [-0.2, 0) is 6.42 Å². The molecule has 1 aromatic carbocycles. The minimum atomic E-state index is -0.223. The molecule has 0 bridgehead atoms. The second kappa shape index (κ2) is 6.12. The van der Waals surface area contributed by atoms with Crippen molar-refractivity contribution in [1.29, 1.82) is 5.26 Å². The van der Waals surface area contributed by atoms with Gasteiger partial charge in [-0.2, -0.15) is 5.26 Å². The molecule has 2 aromatic rings. The molecule has 0 fully saturated rings. The van der Waals surface area contributed by atoms with Crippen molar-refractivity contribution < 1.29 is 4.79 Å². The molecule has 5 heteroatoms. The summed E-state index contributed by atoms with van der Waals surface area (Å²) in [5, 5.41) is 11.4. The van der Waals surface area contributed by atoms with E-state index in [0.29, 0.717) is 16.9 Å². The summed E-state index contributed by atoms with van der Waals surface area (Å²) >= 11 is 3.34. The molecule has 0 unspecified atom stereocenters. The molecule has 0 radical (unpaired) electrons. The van der Waals surface area contributed by atoms with Gasteiger partial charge in [0, 0.05) is 21.9 Å². The van der Waals surface area contributed by atoms with Crippen molar-refractivity contribution in [3.05, 3.63) is 58.3 Å². The van der Waals surface area contributed by atoms with Crippen LogP contribution in [0.1, 0.15) is 16.1 Å². The summed E-state index contributed by atoms with van der Waals surface area (Å²) in [6, 6.07) is 12.6. The van der Waals surface area contributed by atoms with E-state index < -0.39 is 0 Å². The number of carbonyl (C=O) groups excluding carboxylic acids is 1. The first kappa shape index (κ1) is 13.2. The van der Waals surface area contributed by atoms with E-state index in [1.54, 1.807) is 18.2 Å². The number of amides is 1. The first-order valence-electron chi connectivity index (χ1n) is 5.58. The van der Waals surface area contributed by atoms with Gasteiger partial charge < -0.3 is 5.32 Å². The summed E-state index contributed by atoms with van der Waals surface area (Å²) in [6.07, 6.45) is 1.72. The molecule has 0 spiro atoms. The van der Waals surface area contributed by atoms with E-state index in [1.807, 2.05) is 24.3 Å². The van der Waals surface area contributed by atoms with Crippen LogP contribution in [0.2, 0.25) is 0 Å². The number of nitriles is 1. The lowest BCUT2D eigenvalue weighted by Gasteiger charge is -2.06. The summed E-state index contributed by atoms with van der Waals surface area (Å²) in [5.74, 6) is -0.223. The molecule has 1 aromatic heterocycles. The standard InChI is InChI=1S/C14H10BrN3O/c15-11-2-1-3-13(9-11)18-14(19)10-5-7-17-12(8-10)4-6-16/h1-3,5,7-9H,4H2,(H,18,19). The maximum Gasteiger partial charge on any atom is 0.255 e. The number of carbonyl (C=O) groups is 1. The van der Waals surface area contributed by atoms with Gasteiger partial charge in [0.05, 0.1) is 18.2 Å². The Morgan fingerprint density at radius 3 is 2.95 bits per heavy atom. The molecule has 4 nitrogen and oxygen atoms in total. The van der Waals surface area contributed by atoms with Crippen molar-refractivity contribution in [1.82, 2.24) is 4.98 Å². The number of nitrogens with zero attached hydrogens (tertiary/aromatic N) is 2. The highest BCUT2D eigenvalue weighted by molar-refractivity contribution is 9.10. The van der Waals surface area contributed by atoms with Crippen LogP contribution >= 0.6 is 15.9 Å². The number of hydrogen-bond donors (Lipinski definition) is 1. The van der Waals surface area contributed by atoms with E-state index in [1.165, 1.54) is 6.20 Å². The van der Waals surface area contributed by atoms with Crippen molar-refractivity contribution >= 4 is 27.5 Å². The van der Waals surface area contributed by atoms with Gasteiger partial charge in [-0.3, -0.25) is 9.78 Å². The number of aromatic nitrogens is 1. The van der Waals surface area contributed by atoms with Gasteiger partial charge in [-0.05, 0) is 30.3 Å². The second-order valence-electron chi connectivity index (χ2n) is 3.84. The van der Waals surface area contributed by atoms with Gasteiger partial charge in [-0.25, -0.2) is 0 Å². The monoisotopic (exact) mass is 315 g/mol. The SMILES string of the molecule is N#CCc1cc(C(=O)Nc2cccc(Br)c2)ccn1. The minimum absolute atomic E-state index is 0.192. The second-order valence-corrected chi connectivity index (χ2v) is 4.75. The average Bonchev–Trinajstić information content (AvgIpc) is 2.39. The van der Waals surface area contributed by atoms with Crippen LogP contribution in [-0.4, -0.2) is 10.9 Å². The maximum atomic E-state index is 12.0. The zero-order valence-corrected chi connectivity index (χ0v) is 11.5. The molecule has 0 atom stereocenters. The molecular formula is C14H10BrN3O. The minimum Gasteiger partial charge on any atom is -0.322 e. The summed E-state index contributed by atoms with van der Waals surface area (Å²) in [5.41, 5.74) is 1.78. The molecule has 19 heavy (non-hydrogen) atoms. The smallest absolute Gasteiger partial charge is 0.255 e. The van der Waals surface area contributed by atoms with Gasteiger partial charge in [0.1, 0.15) is 0 Å². The predicted octanol–water partition coefficient (Wildman–Crippen LogP) is 3.16. The fourth-order valence-corrected chi connectivity index (χ4v) is 1.97. The topological polar surface area (TPSA) is 65.8 Å². The normalized spacial score (nSPS) is 9.68. The molecule has 0 aliphatic carbocycles. The summed E-state index contributed by atoms with van der Waals surface area (Å²) in [6.45, 7) is 0. The number of nitrogens with one attached hydrogen (secondary N) is 1. The molecule has 2 rings (SSSR count). The van der Waals surface area contributed by atoms with Crippen molar-refractivity contribution in [2.45, 2.75) is 6.42 Å². The van der Waals surface area contributed by atoms with Crippen molar-refractivity contribution in [2.24, 2.45) is 0 Å². The number of hydrogen-bond acceptors (Lipinski definition) is 3. The predicted molar refractivity (Wildman–Crippen MR) is 75.6 cm³/mol. The Morgan fingerprint density at radius 1 is 1.37 bits per heavy atom. The molecular weight excluding hydrogens is 306 g/mol. The van der Waals surface area contributed by atoms with E-state index in [-0.39, 0.29) is 12.3 Å². The number of anilines is 1. The van der Waals surface area contributed by atoms with Crippen LogP contribution in [0.4, 0.5) is 5.69 Å². The maximum absolute atomic E-state index is 12.0. The van der Waals surface area contributed by atoms with E-state index in [2.05, 4.69) is 26.2 Å². The largest absolute Gasteiger partial charge is 0.322 e. The van der Waals surface area contributed by atoms with E-state index in [0.717, 1.165) is 4.47 Å². The third-order valence-corrected chi connectivity index (χ3v) is 2.91. The quantitative estimate of drug-likeness (QED) is 0.946. The summed E-state index contributed by atoms with van der Waals surface area (Å²) in [7, 11) is 0. The Hall–Kier alpha value is -2.19.